The number of nitrogens with zero attached hydrogens (tertiary/aromatic N) is 2. The number of benzene rings is 1. The molecule has 1 aromatic heterocycles. The van der Waals surface area contributed by atoms with Crippen LogP contribution in [0.2, 0.25) is 0 Å². The summed E-state index contributed by atoms with van der Waals surface area (Å²) < 4.78 is 5.47. The molecule has 2 aromatic rings. The van der Waals surface area contributed by atoms with Gasteiger partial charge in [0.2, 0.25) is 11.6 Å². The summed E-state index contributed by atoms with van der Waals surface area (Å²) in [6.07, 6.45) is 1.46. The summed E-state index contributed by atoms with van der Waals surface area (Å²) in [5.41, 5.74) is 6.35. The molecule has 0 unspecified atom stereocenters. The Morgan fingerprint density at radius 3 is 2.85 bits per heavy atom. The van der Waals surface area contributed by atoms with Crippen LogP contribution in [0.1, 0.15) is 11.1 Å². The van der Waals surface area contributed by atoms with E-state index in [-0.39, 0.29) is 28.7 Å². The fraction of sp³-hybridized carbons (Fsp3) is 0.0769. The van der Waals surface area contributed by atoms with Gasteiger partial charge in [0.1, 0.15) is 5.84 Å². The van der Waals surface area contributed by atoms with Gasteiger partial charge >= 0.3 is 5.69 Å². The largest absolute Gasteiger partial charge is 0.431 e. The lowest BCUT2D eigenvalue weighted by atomic mass is 10.2. The van der Waals surface area contributed by atoms with Gasteiger partial charge in [0, 0.05) is 12.3 Å². The van der Waals surface area contributed by atoms with Gasteiger partial charge in [-0.25, -0.2) is 4.98 Å². The van der Waals surface area contributed by atoms with Gasteiger partial charge < -0.3 is 10.5 Å². The van der Waals surface area contributed by atoms with Gasteiger partial charge in [-0.1, -0.05) is 6.07 Å². The monoisotopic (exact) mass is 272 g/mol. The van der Waals surface area contributed by atoms with Crippen molar-refractivity contribution in [2.75, 3.05) is 0 Å². The van der Waals surface area contributed by atoms with Gasteiger partial charge in [0.05, 0.1) is 10.5 Å². The predicted octanol–water partition coefficient (Wildman–Crippen LogP) is 2.37. The Hall–Kier alpha value is -2.96. The van der Waals surface area contributed by atoms with E-state index in [1.165, 1.54) is 18.3 Å². The first-order chi connectivity index (χ1) is 9.49. The molecule has 1 aromatic carbocycles. The molecule has 0 spiro atoms. The van der Waals surface area contributed by atoms with Crippen LogP contribution in [-0.2, 0) is 0 Å². The van der Waals surface area contributed by atoms with Crippen LogP contribution in [0, 0.1) is 22.4 Å². The lowest BCUT2D eigenvalue weighted by Gasteiger charge is -2.09. The SMILES string of the molecule is Cc1ccc([N+](=O)[O-])c(Oc2ncccc2C(=N)N)c1. The lowest BCUT2D eigenvalue weighted by Crippen LogP contribution is -2.13. The molecular weight excluding hydrogens is 260 g/mol. The lowest BCUT2D eigenvalue weighted by molar-refractivity contribution is -0.385. The molecule has 1 heterocycles. The van der Waals surface area contributed by atoms with Crippen molar-refractivity contribution in [1.29, 1.82) is 5.41 Å². The third kappa shape index (κ3) is 2.72. The summed E-state index contributed by atoms with van der Waals surface area (Å²) in [5.74, 6) is -0.0895. The topological polar surface area (TPSA) is 115 Å². The quantitative estimate of drug-likeness (QED) is 0.383. The third-order valence-corrected chi connectivity index (χ3v) is 2.58. The van der Waals surface area contributed by atoms with Crippen molar-refractivity contribution in [3.05, 3.63) is 57.8 Å². The van der Waals surface area contributed by atoms with E-state index in [1.54, 1.807) is 25.1 Å². The van der Waals surface area contributed by atoms with Gasteiger partial charge in [-0.2, -0.15) is 0 Å². The number of nitrogens with two attached hydrogens (primary N) is 1. The molecule has 0 saturated carbocycles. The number of ether oxygens (including phenoxy) is 1. The summed E-state index contributed by atoms with van der Waals surface area (Å²) in [6, 6.07) is 7.69. The number of aryl methyl sites for hydroxylation is 1. The minimum Gasteiger partial charge on any atom is -0.431 e. The highest BCUT2D eigenvalue weighted by Gasteiger charge is 2.18. The summed E-state index contributed by atoms with van der Waals surface area (Å²) in [4.78, 5) is 14.4. The number of nitro benzene ring substituents is 1. The normalized spacial score (nSPS) is 10.1. The number of nitro groups is 1. The molecule has 0 saturated heterocycles. The van der Waals surface area contributed by atoms with Crippen LogP contribution >= 0.6 is 0 Å². The smallest absolute Gasteiger partial charge is 0.311 e. The molecule has 20 heavy (non-hydrogen) atoms. The van der Waals surface area contributed by atoms with Crippen molar-refractivity contribution in [3.63, 3.8) is 0 Å². The molecular formula is C13H12N4O3. The average molecular weight is 272 g/mol. The second-order valence-corrected chi connectivity index (χ2v) is 4.10. The van der Waals surface area contributed by atoms with E-state index in [4.69, 9.17) is 15.9 Å². The fourth-order valence-corrected chi connectivity index (χ4v) is 1.64. The van der Waals surface area contributed by atoms with Crippen molar-refractivity contribution in [2.24, 2.45) is 5.73 Å². The third-order valence-electron chi connectivity index (χ3n) is 2.58. The van der Waals surface area contributed by atoms with Crippen LogP contribution < -0.4 is 10.5 Å². The molecule has 0 fully saturated rings. The highest BCUT2D eigenvalue weighted by Crippen LogP contribution is 2.32. The van der Waals surface area contributed by atoms with E-state index >= 15 is 0 Å². The van der Waals surface area contributed by atoms with Crippen LogP contribution in [0.5, 0.6) is 11.6 Å². The predicted molar refractivity (Wildman–Crippen MR) is 73.2 cm³/mol. The molecule has 2 rings (SSSR count). The van der Waals surface area contributed by atoms with E-state index in [0.29, 0.717) is 0 Å². The van der Waals surface area contributed by atoms with Gasteiger partial charge in [-0.05, 0) is 30.7 Å². The van der Waals surface area contributed by atoms with Gasteiger partial charge in [0.25, 0.3) is 0 Å². The minimum absolute atomic E-state index is 0.0636. The second-order valence-electron chi connectivity index (χ2n) is 4.10. The number of rotatable bonds is 4. The first-order valence-electron chi connectivity index (χ1n) is 5.71. The zero-order valence-corrected chi connectivity index (χ0v) is 10.7. The maximum atomic E-state index is 11.0. The van der Waals surface area contributed by atoms with E-state index in [0.717, 1.165) is 5.56 Å². The van der Waals surface area contributed by atoms with Crippen LogP contribution in [0.15, 0.2) is 36.5 Å². The van der Waals surface area contributed by atoms with Gasteiger partial charge in [0.15, 0.2) is 0 Å². The standard InChI is InChI=1S/C13H12N4O3/c1-8-4-5-10(17(18)19)11(7-8)20-13-9(12(14)15)3-2-6-16-13/h2-7H,1H3,(H3,14,15). The number of nitrogens with one attached hydrogen (secondary N) is 1. The Labute approximate surface area is 114 Å². The van der Waals surface area contributed by atoms with Gasteiger partial charge in [-0.15, -0.1) is 0 Å². The molecule has 102 valence electrons. The molecule has 7 nitrogen and oxygen atoms in total. The first kappa shape index (κ1) is 13.5. The Morgan fingerprint density at radius 1 is 1.45 bits per heavy atom. The zero-order chi connectivity index (χ0) is 14.7. The number of aromatic nitrogens is 1. The number of hydrogen-bond donors (Lipinski definition) is 2. The van der Waals surface area contributed by atoms with E-state index in [9.17, 15) is 10.1 Å². The Bertz CT molecular complexity index is 685. The fourth-order valence-electron chi connectivity index (χ4n) is 1.64. The van der Waals surface area contributed by atoms with E-state index in [1.807, 2.05) is 0 Å². The highest BCUT2D eigenvalue weighted by molar-refractivity contribution is 5.97. The van der Waals surface area contributed by atoms with Crippen LogP contribution in [0.4, 0.5) is 5.69 Å². The van der Waals surface area contributed by atoms with Crippen LogP contribution in [-0.4, -0.2) is 15.7 Å². The van der Waals surface area contributed by atoms with Crippen LogP contribution in [0.3, 0.4) is 0 Å². The molecule has 0 aliphatic heterocycles. The number of hydrogen-bond acceptors (Lipinski definition) is 5. The molecule has 0 bridgehead atoms. The molecule has 0 atom stereocenters. The second kappa shape index (κ2) is 5.35. The van der Waals surface area contributed by atoms with Crippen molar-refractivity contribution in [3.8, 4) is 11.6 Å². The maximum Gasteiger partial charge on any atom is 0.311 e. The molecule has 0 amide bonds. The number of nitrogen functional groups attached to an aromatic ring is 1. The molecule has 0 aliphatic rings. The van der Waals surface area contributed by atoms with Gasteiger partial charge in [-0.3, -0.25) is 15.5 Å². The number of pyridine rings is 1. The zero-order valence-electron chi connectivity index (χ0n) is 10.7. The Balaban J connectivity index is 2.47. The Kier molecular flexibility index (Phi) is 3.60. The minimum atomic E-state index is -0.537. The highest BCUT2D eigenvalue weighted by atomic mass is 16.6. The summed E-state index contributed by atoms with van der Waals surface area (Å²) in [6.45, 7) is 1.79. The van der Waals surface area contributed by atoms with Crippen molar-refractivity contribution in [2.45, 2.75) is 6.92 Å². The molecule has 7 heteroatoms. The van der Waals surface area contributed by atoms with Crippen molar-refractivity contribution in [1.82, 2.24) is 4.98 Å². The summed E-state index contributed by atoms with van der Waals surface area (Å²) in [7, 11) is 0. The molecule has 0 aliphatic carbocycles. The van der Waals surface area contributed by atoms with E-state index < -0.39 is 4.92 Å². The van der Waals surface area contributed by atoms with Crippen LogP contribution in [0.25, 0.3) is 0 Å². The summed E-state index contributed by atoms with van der Waals surface area (Å²) >= 11 is 0. The first-order valence-corrected chi connectivity index (χ1v) is 5.71. The Morgan fingerprint density at radius 2 is 2.20 bits per heavy atom. The van der Waals surface area contributed by atoms with Crippen molar-refractivity contribution < 1.29 is 9.66 Å². The summed E-state index contributed by atoms with van der Waals surface area (Å²) in [5, 5.41) is 18.4. The molecule has 3 N–H and O–H groups in total. The average Bonchev–Trinajstić information content (AvgIpc) is 2.38. The van der Waals surface area contributed by atoms with E-state index in [2.05, 4.69) is 4.98 Å². The van der Waals surface area contributed by atoms with Crippen molar-refractivity contribution >= 4 is 11.5 Å². The molecule has 0 radical (unpaired) electrons. The maximum absolute atomic E-state index is 11.0. The number of amidine groups is 1.